The van der Waals surface area contributed by atoms with E-state index in [9.17, 15) is 14.0 Å². The lowest BCUT2D eigenvalue weighted by Gasteiger charge is -2.36. The van der Waals surface area contributed by atoms with Crippen LogP contribution in [0.3, 0.4) is 0 Å². The van der Waals surface area contributed by atoms with Gasteiger partial charge in [-0.2, -0.15) is 0 Å². The topological polar surface area (TPSA) is 75.2 Å². The highest BCUT2D eigenvalue weighted by molar-refractivity contribution is 5.99. The molecule has 6 nitrogen and oxygen atoms in total. The van der Waals surface area contributed by atoms with Gasteiger partial charge < -0.3 is 5.32 Å². The minimum absolute atomic E-state index is 0.0790. The Hall–Kier alpha value is -2.83. The van der Waals surface area contributed by atoms with E-state index in [0.717, 1.165) is 25.7 Å². The molecule has 1 aromatic heterocycles. The minimum Gasteiger partial charge on any atom is -0.349 e. The van der Waals surface area contributed by atoms with Crippen molar-refractivity contribution in [2.75, 3.05) is 11.4 Å². The standard InChI is InChI=1S/C21H23FN4O2/c1-14-23-10-7-18(24-14)26-11-9-21(20(26)28)8-3-6-17(13-21)25-19(27)15-4-2-5-16(22)12-15/h2,4-5,7,10,12,17H,3,6,8-9,11,13H2,1H3,(H,25,27)/t17-,21-/m0/s1. The number of hydrogen-bond acceptors (Lipinski definition) is 4. The molecular weight excluding hydrogens is 359 g/mol. The van der Waals surface area contributed by atoms with Crippen LogP contribution >= 0.6 is 0 Å². The quantitative estimate of drug-likeness (QED) is 0.885. The lowest BCUT2D eigenvalue weighted by Crippen LogP contribution is -2.46. The minimum atomic E-state index is -0.461. The van der Waals surface area contributed by atoms with E-state index in [-0.39, 0.29) is 17.9 Å². The highest BCUT2D eigenvalue weighted by atomic mass is 19.1. The molecule has 2 amide bonds. The molecule has 7 heteroatoms. The van der Waals surface area contributed by atoms with Crippen LogP contribution < -0.4 is 10.2 Å². The molecule has 2 fully saturated rings. The molecule has 1 saturated carbocycles. The van der Waals surface area contributed by atoms with Gasteiger partial charge in [0.15, 0.2) is 0 Å². The van der Waals surface area contributed by atoms with Crippen LogP contribution in [0, 0.1) is 18.2 Å². The number of nitrogens with one attached hydrogen (secondary N) is 1. The zero-order chi connectivity index (χ0) is 19.7. The first-order valence-electron chi connectivity index (χ1n) is 9.65. The molecule has 1 aromatic carbocycles. The number of amides is 2. The third-order valence-electron chi connectivity index (χ3n) is 5.82. The Morgan fingerprint density at radius 2 is 2.18 bits per heavy atom. The third-order valence-corrected chi connectivity index (χ3v) is 5.82. The molecule has 0 radical (unpaired) electrons. The first kappa shape index (κ1) is 18.5. The van der Waals surface area contributed by atoms with E-state index in [2.05, 4.69) is 15.3 Å². The highest BCUT2D eigenvalue weighted by Gasteiger charge is 2.50. The second-order valence-electron chi connectivity index (χ2n) is 7.73. The smallest absolute Gasteiger partial charge is 0.251 e. The number of nitrogens with zero attached hydrogens (tertiary/aromatic N) is 3. The predicted molar refractivity (Wildman–Crippen MR) is 102 cm³/mol. The summed E-state index contributed by atoms with van der Waals surface area (Å²) in [5.41, 5.74) is -0.160. The molecular formula is C21H23FN4O2. The number of anilines is 1. The lowest BCUT2D eigenvalue weighted by molar-refractivity contribution is -0.127. The van der Waals surface area contributed by atoms with Gasteiger partial charge in [-0.05, 0) is 56.9 Å². The average molecular weight is 382 g/mol. The highest BCUT2D eigenvalue weighted by Crippen LogP contribution is 2.45. The summed E-state index contributed by atoms with van der Waals surface area (Å²) in [7, 11) is 0. The normalized spacial score (nSPS) is 24.6. The number of aromatic nitrogens is 2. The second-order valence-corrected chi connectivity index (χ2v) is 7.73. The summed E-state index contributed by atoms with van der Waals surface area (Å²) in [5.74, 6) is 0.621. The van der Waals surface area contributed by atoms with Crippen LogP contribution in [0.5, 0.6) is 0 Å². The molecule has 4 rings (SSSR count). The van der Waals surface area contributed by atoms with Crippen LogP contribution in [0.15, 0.2) is 36.5 Å². The van der Waals surface area contributed by atoms with Crippen LogP contribution in [0.2, 0.25) is 0 Å². The van der Waals surface area contributed by atoms with Crippen molar-refractivity contribution < 1.29 is 14.0 Å². The first-order valence-corrected chi connectivity index (χ1v) is 9.65. The maximum atomic E-state index is 13.4. The van der Waals surface area contributed by atoms with Gasteiger partial charge in [-0.25, -0.2) is 14.4 Å². The molecule has 0 unspecified atom stereocenters. The van der Waals surface area contributed by atoms with Gasteiger partial charge in [0.1, 0.15) is 17.5 Å². The fraction of sp³-hybridized carbons (Fsp3) is 0.429. The molecule has 2 aliphatic rings. The Morgan fingerprint density at radius 3 is 2.96 bits per heavy atom. The zero-order valence-electron chi connectivity index (χ0n) is 15.8. The molecule has 28 heavy (non-hydrogen) atoms. The van der Waals surface area contributed by atoms with Gasteiger partial charge in [0.25, 0.3) is 5.91 Å². The Balaban J connectivity index is 1.47. The average Bonchev–Trinajstić information content (AvgIpc) is 2.97. The largest absolute Gasteiger partial charge is 0.349 e. The number of benzene rings is 1. The molecule has 2 heterocycles. The van der Waals surface area contributed by atoms with E-state index in [0.29, 0.717) is 30.2 Å². The van der Waals surface area contributed by atoms with Crippen molar-refractivity contribution in [1.82, 2.24) is 15.3 Å². The molecule has 1 spiro atoms. The summed E-state index contributed by atoms with van der Waals surface area (Å²) in [4.78, 5) is 36.0. The summed E-state index contributed by atoms with van der Waals surface area (Å²) < 4.78 is 13.4. The summed E-state index contributed by atoms with van der Waals surface area (Å²) in [5, 5.41) is 3.00. The SMILES string of the molecule is Cc1nccc(N2CC[C@]3(CCC[C@H](NC(=O)c4cccc(F)c4)C3)C2=O)n1. The summed E-state index contributed by atoms with van der Waals surface area (Å²) in [6.07, 6.45) is 5.53. The van der Waals surface area contributed by atoms with Crippen molar-refractivity contribution in [2.45, 2.75) is 45.1 Å². The maximum Gasteiger partial charge on any atom is 0.251 e. The van der Waals surface area contributed by atoms with Gasteiger partial charge in [0.05, 0.1) is 5.41 Å². The van der Waals surface area contributed by atoms with Crippen molar-refractivity contribution in [3.63, 3.8) is 0 Å². The number of carbonyl (C=O) groups excluding carboxylic acids is 2. The first-order chi connectivity index (χ1) is 13.5. The van der Waals surface area contributed by atoms with Crippen LogP contribution in [0.4, 0.5) is 10.2 Å². The molecule has 0 bridgehead atoms. The number of halogens is 1. The molecule has 1 saturated heterocycles. The van der Waals surface area contributed by atoms with E-state index < -0.39 is 11.2 Å². The van der Waals surface area contributed by atoms with Crippen molar-refractivity contribution in [1.29, 1.82) is 0 Å². The summed E-state index contributed by atoms with van der Waals surface area (Å²) in [6.45, 7) is 2.43. The Kier molecular flexibility index (Phi) is 4.83. The van der Waals surface area contributed by atoms with Gasteiger partial charge in [-0.1, -0.05) is 12.5 Å². The molecule has 2 aromatic rings. The summed E-state index contributed by atoms with van der Waals surface area (Å²) in [6, 6.07) is 7.32. The van der Waals surface area contributed by atoms with E-state index >= 15 is 0 Å². The van der Waals surface area contributed by atoms with Crippen molar-refractivity contribution >= 4 is 17.6 Å². The van der Waals surface area contributed by atoms with Gasteiger partial charge in [-0.15, -0.1) is 0 Å². The van der Waals surface area contributed by atoms with E-state index in [1.807, 2.05) is 0 Å². The summed E-state index contributed by atoms with van der Waals surface area (Å²) >= 11 is 0. The monoisotopic (exact) mass is 382 g/mol. The fourth-order valence-corrected chi connectivity index (χ4v) is 4.44. The number of rotatable bonds is 3. The van der Waals surface area contributed by atoms with Crippen LogP contribution in [0.25, 0.3) is 0 Å². The number of hydrogen-bond donors (Lipinski definition) is 1. The van der Waals surface area contributed by atoms with Crippen LogP contribution in [-0.4, -0.2) is 34.4 Å². The molecule has 1 aliphatic carbocycles. The molecule has 146 valence electrons. The second kappa shape index (κ2) is 7.30. The van der Waals surface area contributed by atoms with Crippen molar-refractivity contribution in [3.05, 3.63) is 53.7 Å². The fourth-order valence-electron chi connectivity index (χ4n) is 4.44. The zero-order valence-corrected chi connectivity index (χ0v) is 15.8. The molecule has 1 N–H and O–H groups in total. The van der Waals surface area contributed by atoms with E-state index in [1.165, 1.54) is 18.2 Å². The molecule has 2 atom stereocenters. The van der Waals surface area contributed by atoms with Gasteiger partial charge in [0, 0.05) is 24.3 Å². The number of aryl methyl sites for hydroxylation is 1. The Morgan fingerprint density at radius 1 is 1.32 bits per heavy atom. The Labute approximate surface area is 163 Å². The van der Waals surface area contributed by atoms with Crippen LogP contribution in [0.1, 0.15) is 48.3 Å². The lowest BCUT2D eigenvalue weighted by atomic mass is 9.71. The number of carbonyl (C=O) groups is 2. The predicted octanol–water partition coefficient (Wildman–Crippen LogP) is 3.02. The maximum absolute atomic E-state index is 13.4. The van der Waals surface area contributed by atoms with Gasteiger partial charge >= 0.3 is 0 Å². The van der Waals surface area contributed by atoms with Crippen LogP contribution in [-0.2, 0) is 4.79 Å². The third kappa shape index (κ3) is 3.48. The van der Waals surface area contributed by atoms with Gasteiger partial charge in [-0.3, -0.25) is 14.5 Å². The van der Waals surface area contributed by atoms with E-state index in [4.69, 9.17) is 0 Å². The van der Waals surface area contributed by atoms with E-state index in [1.54, 1.807) is 30.2 Å². The van der Waals surface area contributed by atoms with Crippen molar-refractivity contribution in [2.24, 2.45) is 5.41 Å². The van der Waals surface area contributed by atoms with Crippen molar-refractivity contribution in [3.8, 4) is 0 Å². The Bertz CT molecular complexity index is 919. The van der Waals surface area contributed by atoms with Gasteiger partial charge in [0.2, 0.25) is 5.91 Å². The molecule has 1 aliphatic heterocycles.